The van der Waals surface area contributed by atoms with Gasteiger partial charge in [-0.15, -0.1) is 0 Å². The zero-order chi connectivity index (χ0) is 12.8. The number of carbonyl (C=O) groups excluding carboxylic acids is 1. The van der Waals surface area contributed by atoms with Crippen molar-refractivity contribution in [1.29, 1.82) is 0 Å². The Morgan fingerprint density at radius 2 is 2.18 bits per heavy atom. The number of benzene rings is 1. The quantitative estimate of drug-likeness (QED) is 0.462. The highest BCUT2D eigenvalue weighted by Gasteiger charge is 2.14. The van der Waals surface area contributed by atoms with E-state index in [1.807, 2.05) is 0 Å². The molecule has 0 saturated carbocycles. The van der Waals surface area contributed by atoms with Crippen LogP contribution in [0.15, 0.2) is 18.2 Å². The molecule has 17 heavy (non-hydrogen) atoms. The Hall–Kier alpha value is -2.18. The highest BCUT2D eigenvalue weighted by atomic mass is 19.1. The molecule has 0 spiro atoms. The van der Waals surface area contributed by atoms with Crippen molar-refractivity contribution in [1.82, 2.24) is 5.32 Å². The summed E-state index contributed by atoms with van der Waals surface area (Å²) >= 11 is 0. The van der Waals surface area contributed by atoms with Crippen molar-refractivity contribution < 1.29 is 14.1 Å². The number of carbonyl (C=O) groups is 1. The van der Waals surface area contributed by atoms with E-state index >= 15 is 0 Å². The van der Waals surface area contributed by atoms with E-state index in [-0.39, 0.29) is 17.3 Å². The maximum Gasteiger partial charge on any atom is 0.295 e. The minimum Gasteiger partial charge on any atom is -0.378 e. The van der Waals surface area contributed by atoms with E-state index in [0.29, 0.717) is 13.1 Å². The van der Waals surface area contributed by atoms with Crippen LogP contribution in [0.25, 0.3) is 0 Å². The lowest BCUT2D eigenvalue weighted by Crippen LogP contribution is -2.26. The van der Waals surface area contributed by atoms with Gasteiger partial charge in [-0.1, -0.05) is 0 Å². The van der Waals surface area contributed by atoms with Gasteiger partial charge in [0.2, 0.25) is 5.91 Å². The molecule has 0 fully saturated rings. The normalized spacial score (nSPS) is 9.76. The third-order valence-corrected chi connectivity index (χ3v) is 1.97. The highest BCUT2D eigenvalue weighted by molar-refractivity contribution is 5.72. The van der Waals surface area contributed by atoms with Gasteiger partial charge in [0.15, 0.2) is 0 Å². The van der Waals surface area contributed by atoms with Gasteiger partial charge < -0.3 is 10.6 Å². The molecule has 2 N–H and O–H groups in total. The first-order valence-corrected chi connectivity index (χ1v) is 4.93. The maximum absolute atomic E-state index is 12.8. The Labute approximate surface area is 97.0 Å². The lowest BCUT2D eigenvalue weighted by Gasteiger charge is -2.07. The van der Waals surface area contributed by atoms with Crippen molar-refractivity contribution in [2.75, 3.05) is 18.4 Å². The van der Waals surface area contributed by atoms with Crippen molar-refractivity contribution in [3.63, 3.8) is 0 Å². The summed E-state index contributed by atoms with van der Waals surface area (Å²) in [6.45, 7) is 2.04. The van der Waals surface area contributed by atoms with Crippen LogP contribution >= 0.6 is 0 Å². The van der Waals surface area contributed by atoms with Gasteiger partial charge in [0.25, 0.3) is 5.69 Å². The number of hydrogen-bond donors (Lipinski definition) is 2. The van der Waals surface area contributed by atoms with Gasteiger partial charge in [-0.25, -0.2) is 4.39 Å². The molecule has 0 unspecified atom stereocenters. The highest BCUT2D eigenvalue weighted by Crippen LogP contribution is 2.24. The molecule has 0 radical (unpaired) electrons. The van der Waals surface area contributed by atoms with Crippen molar-refractivity contribution in [3.05, 3.63) is 34.1 Å². The summed E-state index contributed by atoms with van der Waals surface area (Å²) in [5.74, 6) is -0.843. The number of nitrogens with zero attached hydrogens (tertiary/aromatic N) is 1. The van der Waals surface area contributed by atoms with Crippen LogP contribution in [-0.4, -0.2) is 23.9 Å². The number of hydrogen-bond acceptors (Lipinski definition) is 4. The van der Waals surface area contributed by atoms with Gasteiger partial charge in [-0.2, -0.15) is 0 Å². The fourth-order valence-electron chi connectivity index (χ4n) is 1.24. The van der Waals surface area contributed by atoms with Gasteiger partial charge in [-0.05, 0) is 12.1 Å². The largest absolute Gasteiger partial charge is 0.378 e. The van der Waals surface area contributed by atoms with E-state index < -0.39 is 10.7 Å². The van der Waals surface area contributed by atoms with Gasteiger partial charge in [0.1, 0.15) is 11.5 Å². The summed E-state index contributed by atoms with van der Waals surface area (Å²) in [5, 5.41) is 15.9. The third-order valence-electron chi connectivity index (χ3n) is 1.97. The average Bonchev–Trinajstić information content (AvgIpc) is 2.25. The molecule has 0 saturated heterocycles. The van der Waals surface area contributed by atoms with Crippen LogP contribution in [0.5, 0.6) is 0 Å². The Morgan fingerprint density at radius 3 is 2.76 bits per heavy atom. The molecule has 7 heteroatoms. The number of nitro groups is 1. The predicted octanol–water partition coefficient (Wildman–Crippen LogP) is 1.28. The second kappa shape index (κ2) is 5.78. The number of nitro benzene ring substituents is 1. The van der Waals surface area contributed by atoms with Crippen molar-refractivity contribution in [2.24, 2.45) is 0 Å². The van der Waals surface area contributed by atoms with Gasteiger partial charge in [0.05, 0.1) is 11.0 Å². The fraction of sp³-hybridized carbons (Fsp3) is 0.300. The van der Waals surface area contributed by atoms with E-state index in [9.17, 15) is 19.3 Å². The first-order valence-electron chi connectivity index (χ1n) is 4.93. The van der Waals surface area contributed by atoms with E-state index in [0.717, 1.165) is 12.1 Å². The molecule has 0 aliphatic rings. The monoisotopic (exact) mass is 241 g/mol. The lowest BCUT2D eigenvalue weighted by molar-refractivity contribution is -0.384. The van der Waals surface area contributed by atoms with E-state index in [4.69, 9.17) is 0 Å². The van der Waals surface area contributed by atoms with Gasteiger partial charge in [-0.3, -0.25) is 14.9 Å². The van der Waals surface area contributed by atoms with Crippen molar-refractivity contribution in [3.8, 4) is 0 Å². The molecule has 92 valence electrons. The van der Waals surface area contributed by atoms with E-state index in [1.165, 1.54) is 13.0 Å². The summed E-state index contributed by atoms with van der Waals surface area (Å²) in [6.07, 6.45) is 0. The standard InChI is InChI=1S/C10H12FN3O3/c1-7(15)12-4-5-13-9-3-2-8(11)6-10(9)14(16)17/h2-3,6,13H,4-5H2,1H3,(H,12,15). The zero-order valence-corrected chi connectivity index (χ0v) is 9.20. The third kappa shape index (κ3) is 4.06. The minimum absolute atomic E-state index is 0.180. The molecule has 1 aromatic carbocycles. The van der Waals surface area contributed by atoms with Crippen LogP contribution in [0, 0.1) is 15.9 Å². The molecular weight excluding hydrogens is 229 g/mol. The molecule has 1 aromatic rings. The average molecular weight is 241 g/mol. The van der Waals surface area contributed by atoms with Crippen LogP contribution in [0.4, 0.5) is 15.8 Å². The molecule has 0 heterocycles. The second-order valence-electron chi connectivity index (χ2n) is 3.33. The smallest absolute Gasteiger partial charge is 0.295 e. The van der Waals surface area contributed by atoms with Gasteiger partial charge in [0, 0.05) is 20.0 Å². The number of halogens is 1. The van der Waals surface area contributed by atoms with Gasteiger partial charge >= 0.3 is 0 Å². The second-order valence-corrected chi connectivity index (χ2v) is 3.33. The van der Waals surface area contributed by atoms with E-state index in [2.05, 4.69) is 10.6 Å². The molecule has 0 aromatic heterocycles. The topological polar surface area (TPSA) is 84.3 Å². The summed E-state index contributed by atoms with van der Waals surface area (Å²) in [6, 6.07) is 3.27. The first kappa shape index (κ1) is 12.9. The van der Waals surface area contributed by atoms with Crippen molar-refractivity contribution >= 4 is 17.3 Å². The summed E-state index contributed by atoms with van der Waals surface area (Å²) in [7, 11) is 0. The van der Waals surface area contributed by atoms with Crippen LogP contribution in [0.2, 0.25) is 0 Å². The first-order chi connectivity index (χ1) is 8.00. The maximum atomic E-state index is 12.8. The lowest BCUT2D eigenvalue weighted by atomic mass is 10.2. The molecule has 1 amide bonds. The Morgan fingerprint density at radius 1 is 1.47 bits per heavy atom. The fourth-order valence-corrected chi connectivity index (χ4v) is 1.24. The Balaban J connectivity index is 2.64. The summed E-state index contributed by atoms with van der Waals surface area (Å²) in [5.41, 5.74) is -0.102. The van der Waals surface area contributed by atoms with Crippen LogP contribution in [0.1, 0.15) is 6.92 Å². The number of nitrogens with one attached hydrogen (secondary N) is 2. The number of anilines is 1. The number of rotatable bonds is 5. The van der Waals surface area contributed by atoms with Crippen LogP contribution in [0.3, 0.4) is 0 Å². The van der Waals surface area contributed by atoms with E-state index in [1.54, 1.807) is 0 Å². The molecular formula is C10H12FN3O3. The van der Waals surface area contributed by atoms with Crippen molar-refractivity contribution in [2.45, 2.75) is 6.92 Å². The van der Waals surface area contributed by atoms with Crippen LogP contribution < -0.4 is 10.6 Å². The molecule has 6 nitrogen and oxygen atoms in total. The molecule has 0 atom stereocenters. The minimum atomic E-state index is -0.663. The molecule has 1 rings (SSSR count). The molecule has 0 bridgehead atoms. The summed E-state index contributed by atoms with van der Waals surface area (Å²) in [4.78, 5) is 20.6. The molecule has 0 aliphatic heterocycles. The Bertz CT molecular complexity index is 437. The SMILES string of the molecule is CC(=O)NCCNc1ccc(F)cc1[N+](=O)[O-]. The zero-order valence-electron chi connectivity index (χ0n) is 9.20. The summed E-state index contributed by atoms with van der Waals surface area (Å²) < 4.78 is 12.8. The predicted molar refractivity (Wildman–Crippen MR) is 60.2 cm³/mol. The van der Waals surface area contributed by atoms with Crippen LogP contribution in [-0.2, 0) is 4.79 Å². The molecule has 0 aliphatic carbocycles. The Kier molecular flexibility index (Phi) is 4.38. The number of amides is 1.